The molecule has 0 aromatic rings. The summed E-state index contributed by atoms with van der Waals surface area (Å²) < 4.78 is 0. The first-order valence-corrected chi connectivity index (χ1v) is 4.44. The number of carbonyl (C=O) groups is 1. The monoisotopic (exact) mass is 167 g/mol. The van der Waals surface area contributed by atoms with Crippen molar-refractivity contribution in [3.63, 3.8) is 0 Å². The van der Waals surface area contributed by atoms with Gasteiger partial charge in [-0.15, -0.1) is 0 Å². The van der Waals surface area contributed by atoms with Crippen LogP contribution >= 0.6 is 0 Å². The van der Waals surface area contributed by atoms with Crippen LogP contribution in [0.2, 0.25) is 0 Å². The standard InChI is InChI=1S/C9H13NO2/c11-9(12)8-7-4-2-1-3-6(7)5-10-8/h3,7-8,10H,1-2,4-5H2,(H,11,12). The Kier molecular flexibility index (Phi) is 1.89. The molecule has 1 aliphatic carbocycles. The number of carboxylic acids is 1. The molecule has 0 spiro atoms. The zero-order valence-corrected chi connectivity index (χ0v) is 6.92. The van der Waals surface area contributed by atoms with Crippen LogP contribution in [0.15, 0.2) is 11.6 Å². The van der Waals surface area contributed by atoms with Gasteiger partial charge in [0.15, 0.2) is 0 Å². The van der Waals surface area contributed by atoms with E-state index < -0.39 is 5.97 Å². The van der Waals surface area contributed by atoms with Gasteiger partial charge in [-0.3, -0.25) is 4.79 Å². The molecule has 0 aromatic carbocycles. The van der Waals surface area contributed by atoms with Gasteiger partial charge < -0.3 is 10.4 Å². The Morgan fingerprint density at radius 1 is 1.67 bits per heavy atom. The zero-order chi connectivity index (χ0) is 8.55. The third-order valence-electron chi connectivity index (χ3n) is 2.80. The van der Waals surface area contributed by atoms with Gasteiger partial charge in [-0.05, 0) is 19.3 Å². The van der Waals surface area contributed by atoms with Crippen LogP contribution in [0.25, 0.3) is 0 Å². The second-order valence-corrected chi connectivity index (χ2v) is 3.51. The minimum Gasteiger partial charge on any atom is -0.480 e. The van der Waals surface area contributed by atoms with E-state index in [1.54, 1.807) is 0 Å². The lowest BCUT2D eigenvalue weighted by Gasteiger charge is -2.19. The molecule has 2 unspecified atom stereocenters. The van der Waals surface area contributed by atoms with Gasteiger partial charge in [0.25, 0.3) is 0 Å². The molecule has 1 aliphatic heterocycles. The highest BCUT2D eigenvalue weighted by molar-refractivity contribution is 5.75. The molecule has 0 bridgehead atoms. The summed E-state index contributed by atoms with van der Waals surface area (Å²) in [7, 11) is 0. The maximum atomic E-state index is 10.8. The molecule has 2 atom stereocenters. The second kappa shape index (κ2) is 2.90. The lowest BCUT2D eigenvalue weighted by molar-refractivity contribution is -0.140. The van der Waals surface area contributed by atoms with Crippen molar-refractivity contribution in [2.45, 2.75) is 25.3 Å². The molecule has 2 N–H and O–H groups in total. The number of hydrogen-bond donors (Lipinski definition) is 2. The topological polar surface area (TPSA) is 49.3 Å². The maximum absolute atomic E-state index is 10.8. The van der Waals surface area contributed by atoms with Crippen molar-refractivity contribution >= 4 is 5.97 Å². The number of rotatable bonds is 1. The van der Waals surface area contributed by atoms with Crippen molar-refractivity contribution in [2.75, 3.05) is 6.54 Å². The van der Waals surface area contributed by atoms with Gasteiger partial charge in [-0.1, -0.05) is 11.6 Å². The minimum atomic E-state index is -0.703. The molecular weight excluding hydrogens is 154 g/mol. The molecule has 0 aromatic heterocycles. The van der Waals surface area contributed by atoms with Crippen LogP contribution < -0.4 is 5.32 Å². The fourth-order valence-corrected chi connectivity index (χ4v) is 2.18. The van der Waals surface area contributed by atoms with Crippen LogP contribution in [-0.2, 0) is 4.79 Å². The van der Waals surface area contributed by atoms with Gasteiger partial charge >= 0.3 is 5.97 Å². The molecule has 3 heteroatoms. The quantitative estimate of drug-likeness (QED) is 0.567. The van der Waals surface area contributed by atoms with E-state index in [-0.39, 0.29) is 12.0 Å². The van der Waals surface area contributed by atoms with Gasteiger partial charge in [0.2, 0.25) is 0 Å². The maximum Gasteiger partial charge on any atom is 0.321 e. The average Bonchev–Trinajstić information content (AvgIpc) is 2.47. The molecule has 1 heterocycles. The lowest BCUT2D eigenvalue weighted by Crippen LogP contribution is -2.35. The van der Waals surface area contributed by atoms with Gasteiger partial charge in [-0.25, -0.2) is 0 Å². The molecule has 3 nitrogen and oxygen atoms in total. The summed E-state index contributed by atoms with van der Waals surface area (Å²) in [5.41, 5.74) is 1.31. The average molecular weight is 167 g/mol. The summed E-state index contributed by atoms with van der Waals surface area (Å²) in [5.74, 6) is -0.429. The highest BCUT2D eigenvalue weighted by Gasteiger charge is 2.36. The fourth-order valence-electron chi connectivity index (χ4n) is 2.18. The second-order valence-electron chi connectivity index (χ2n) is 3.51. The highest BCUT2D eigenvalue weighted by atomic mass is 16.4. The Morgan fingerprint density at radius 2 is 2.50 bits per heavy atom. The highest BCUT2D eigenvalue weighted by Crippen LogP contribution is 2.31. The van der Waals surface area contributed by atoms with Crippen molar-refractivity contribution in [2.24, 2.45) is 5.92 Å². The Balaban J connectivity index is 2.17. The molecule has 12 heavy (non-hydrogen) atoms. The van der Waals surface area contributed by atoms with Crippen molar-refractivity contribution in [1.29, 1.82) is 0 Å². The smallest absolute Gasteiger partial charge is 0.321 e. The molecular formula is C9H13NO2. The minimum absolute atomic E-state index is 0.274. The molecule has 0 saturated carbocycles. The van der Waals surface area contributed by atoms with Gasteiger partial charge in [0, 0.05) is 12.5 Å². The van der Waals surface area contributed by atoms with Crippen molar-refractivity contribution < 1.29 is 9.90 Å². The molecule has 2 aliphatic rings. The normalized spacial score (nSPS) is 34.2. The summed E-state index contributed by atoms with van der Waals surface area (Å²) in [5, 5.41) is 11.9. The molecule has 1 fully saturated rings. The first-order chi connectivity index (χ1) is 5.79. The molecule has 66 valence electrons. The summed E-state index contributed by atoms with van der Waals surface area (Å²) in [6.45, 7) is 0.779. The van der Waals surface area contributed by atoms with Crippen LogP contribution in [0.3, 0.4) is 0 Å². The van der Waals surface area contributed by atoms with Crippen LogP contribution in [0.1, 0.15) is 19.3 Å². The van der Waals surface area contributed by atoms with Crippen molar-refractivity contribution in [1.82, 2.24) is 5.32 Å². The van der Waals surface area contributed by atoms with E-state index in [1.807, 2.05) is 0 Å². The summed E-state index contributed by atoms with van der Waals surface area (Å²) in [6.07, 6.45) is 5.50. The van der Waals surface area contributed by atoms with E-state index in [0.717, 1.165) is 25.8 Å². The summed E-state index contributed by atoms with van der Waals surface area (Å²) in [4.78, 5) is 10.8. The largest absolute Gasteiger partial charge is 0.480 e. The summed E-state index contributed by atoms with van der Waals surface area (Å²) in [6, 6.07) is -0.323. The number of aliphatic carboxylic acids is 1. The van der Waals surface area contributed by atoms with E-state index in [4.69, 9.17) is 5.11 Å². The van der Waals surface area contributed by atoms with Crippen LogP contribution in [0, 0.1) is 5.92 Å². The molecule has 0 radical (unpaired) electrons. The number of hydrogen-bond acceptors (Lipinski definition) is 2. The van der Waals surface area contributed by atoms with Crippen molar-refractivity contribution in [3.8, 4) is 0 Å². The van der Waals surface area contributed by atoms with E-state index in [9.17, 15) is 4.79 Å². The van der Waals surface area contributed by atoms with E-state index >= 15 is 0 Å². The van der Waals surface area contributed by atoms with E-state index in [0.29, 0.717) is 0 Å². The van der Waals surface area contributed by atoms with Gasteiger partial charge in [0.1, 0.15) is 6.04 Å². The number of carboxylic acid groups (broad SMARTS) is 1. The van der Waals surface area contributed by atoms with Crippen LogP contribution in [0.4, 0.5) is 0 Å². The lowest BCUT2D eigenvalue weighted by atomic mass is 9.86. The van der Waals surface area contributed by atoms with Gasteiger partial charge in [0.05, 0.1) is 0 Å². The third-order valence-corrected chi connectivity index (χ3v) is 2.80. The Labute approximate surface area is 71.5 Å². The van der Waals surface area contributed by atoms with E-state index in [1.165, 1.54) is 5.57 Å². The predicted octanol–water partition coefficient (Wildman–Crippen LogP) is 0.769. The number of allylic oxidation sites excluding steroid dienone is 1. The predicted molar refractivity (Wildman–Crippen MR) is 44.9 cm³/mol. The van der Waals surface area contributed by atoms with Crippen molar-refractivity contribution in [3.05, 3.63) is 11.6 Å². The SMILES string of the molecule is O=C(O)C1NCC2=CCCCC21. The zero-order valence-electron chi connectivity index (χ0n) is 6.92. The molecule has 0 amide bonds. The van der Waals surface area contributed by atoms with E-state index in [2.05, 4.69) is 11.4 Å². The Bertz CT molecular complexity index is 235. The van der Waals surface area contributed by atoms with Crippen LogP contribution in [0.5, 0.6) is 0 Å². The Hall–Kier alpha value is -0.830. The molecule has 2 rings (SSSR count). The number of nitrogens with one attached hydrogen (secondary N) is 1. The fraction of sp³-hybridized carbons (Fsp3) is 0.667. The first-order valence-electron chi connectivity index (χ1n) is 4.44. The van der Waals surface area contributed by atoms with Gasteiger partial charge in [-0.2, -0.15) is 0 Å². The first kappa shape index (κ1) is 7.80. The summed E-state index contributed by atoms with van der Waals surface area (Å²) >= 11 is 0. The third kappa shape index (κ3) is 1.14. The molecule has 1 saturated heterocycles. The Morgan fingerprint density at radius 3 is 3.25 bits per heavy atom. The number of fused-ring (bicyclic) bond motifs is 1. The van der Waals surface area contributed by atoms with Crippen LogP contribution in [-0.4, -0.2) is 23.7 Å².